The number of nitrogens with one attached hydrogen (secondary N) is 1. The molecule has 4 heteroatoms. The van der Waals surface area contributed by atoms with Crippen molar-refractivity contribution in [2.24, 2.45) is 17.3 Å². The molecule has 5 rings (SSSR count). The maximum absolute atomic E-state index is 13.6. The van der Waals surface area contributed by atoms with E-state index in [9.17, 15) is 4.79 Å². The number of aryl methyl sites for hydroxylation is 1. The Morgan fingerprint density at radius 2 is 1.77 bits per heavy atom. The molecular formula is C27H31NO3. The van der Waals surface area contributed by atoms with E-state index in [2.05, 4.69) is 74.6 Å². The highest BCUT2D eigenvalue weighted by Gasteiger charge is 2.58. The predicted octanol–water partition coefficient (Wildman–Crippen LogP) is 5.73. The molecule has 1 spiro atoms. The number of rotatable bonds is 3. The predicted molar refractivity (Wildman–Crippen MR) is 123 cm³/mol. The molecule has 2 fully saturated rings. The van der Waals surface area contributed by atoms with Crippen molar-refractivity contribution in [1.29, 1.82) is 0 Å². The highest BCUT2D eigenvalue weighted by molar-refractivity contribution is 6.03. The lowest BCUT2D eigenvalue weighted by atomic mass is 9.55. The lowest BCUT2D eigenvalue weighted by Gasteiger charge is -2.52. The third kappa shape index (κ3) is 3.33. The van der Waals surface area contributed by atoms with Crippen molar-refractivity contribution in [3.63, 3.8) is 0 Å². The number of Topliss-reactive ketones (excluding diaryl/α,β-unsaturated/α-hetero) is 1. The van der Waals surface area contributed by atoms with Gasteiger partial charge in [0, 0.05) is 23.4 Å². The van der Waals surface area contributed by atoms with E-state index >= 15 is 0 Å². The summed E-state index contributed by atoms with van der Waals surface area (Å²) < 4.78 is 12.1. The Kier molecular flexibility index (Phi) is 5.03. The second kappa shape index (κ2) is 7.61. The Morgan fingerprint density at radius 1 is 1.03 bits per heavy atom. The minimum atomic E-state index is -0.495. The summed E-state index contributed by atoms with van der Waals surface area (Å²) in [7, 11) is 0. The van der Waals surface area contributed by atoms with E-state index < -0.39 is 5.79 Å². The van der Waals surface area contributed by atoms with Crippen LogP contribution in [0.15, 0.2) is 60.3 Å². The third-order valence-electron chi connectivity index (χ3n) is 7.83. The Morgan fingerprint density at radius 3 is 2.52 bits per heavy atom. The molecule has 4 nitrogen and oxygen atoms in total. The first-order valence-electron chi connectivity index (χ1n) is 11.4. The molecule has 2 aromatic rings. The Hall–Kier alpha value is -2.43. The number of hydrogen-bond acceptors (Lipinski definition) is 4. The summed E-state index contributed by atoms with van der Waals surface area (Å²) in [6.07, 6.45) is 4.52. The number of benzene rings is 2. The number of anilines is 1. The van der Waals surface area contributed by atoms with Crippen molar-refractivity contribution < 1.29 is 14.3 Å². The molecule has 0 radical (unpaired) electrons. The number of allylic oxidation sites excluding steroid dienone is 2. The van der Waals surface area contributed by atoms with Gasteiger partial charge in [0.1, 0.15) is 0 Å². The fraction of sp³-hybridized carbons (Fsp3) is 0.444. The number of ketones is 1. The zero-order valence-corrected chi connectivity index (χ0v) is 18.6. The van der Waals surface area contributed by atoms with E-state index in [1.54, 1.807) is 0 Å². The number of carbonyl (C=O) groups excluding carboxylic acids is 1. The van der Waals surface area contributed by atoms with Crippen LogP contribution < -0.4 is 5.32 Å². The molecule has 2 aliphatic carbocycles. The van der Waals surface area contributed by atoms with Crippen molar-refractivity contribution in [2.75, 3.05) is 18.5 Å². The van der Waals surface area contributed by atoms with Gasteiger partial charge in [-0.2, -0.15) is 0 Å². The van der Waals surface area contributed by atoms with Gasteiger partial charge in [0.15, 0.2) is 11.6 Å². The molecule has 1 saturated carbocycles. The first-order valence-corrected chi connectivity index (χ1v) is 11.4. The lowest BCUT2D eigenvalue weighted by molar-refractivity contribution is -0.239. The molecule has 3 atom stereocenters. The molecule has 0 amide bonds. The van der Waals surface area contributed by atoms with Crippen LogP contribution in [0, 0.1) is 24.2 Å². The summed E-state index contributed by atoms with van der Waals surface area (Å²) in [5, 5.41) is 3.45. The van der Waals surface area contributed by atoms with Gasteiger partial charge < -0.3 is 14.8 Å². The van der Waals surface area contributed by atoms with Crippen LogP contribution in [-0.2, 0) is 14.3 Å². The van der Waals surface area contributed by atoms with E-state index in [-0.39, 0.29) is 23.0 Å². The van der Waals surface area contributed by atoms with Crippen molar-refractivity contribution in [2.45, 2.75) is 45.8 Å². The summed E-state index contributed by atoms with van der Waals surface area (Å²) in [6, 6.07) is 16.7. The topological polar surface area (TPSA) is 47.6 Å². The molecule has 0 bridgehead atoms. The SMILES string of the molecule is Cc1ccc(NC2=CC[C@H]3[C@H](C)C4(CC[C@]3(C)C2=O)OCCO4)cc1-c1ccccc1. The van der Waals surface area contributed by atoms with E-state index in [4.69, 9.17) is 9.47 Å². The molecule has 1 N–H and O–H groups in total. The van der Waals surface area contributed by atoms with Crippen LogP contribution in [0.2, 0.25) is 0 Å². The third-order valence-corrected chi connectivity index (χ3v) is 7.83. The highest BCUT2D eigenvalue weighted by atomic mass is 16.7. The van der Waals surface area contributed by atoms with Crippen LogP contribution in [-0.4, -0.2) is 24.8 Å². The van der Waals surface area contributed by atoms with Gasteiger partial charge in [-0.1, -0.05) is 56.3 Å². The second-order valence-corrected chi connectivity index (χ2v) is 9.52. The molecule has 162 valence electrons. The minimum Gasteiger partial charge on any atom is -0.353 e. The molecule has 1 aliphatic heterocycles. The number of fused-ring (bicyclic) bond motifs is 1. The maximum atomic E-state index is 13.6. The fourth-order valence-corrected chi connectivity index (χ4v) is 5.87. The first kappa shape index (κ1) is 20.5. The first-order chi connectivity index (χ1) is 14.9. The van der Waals surface area contributed by atoms with E-state index in [0.29, 0.717) is 13.2 Å². The Balaban J connectivity index is 1.41. The monoisotopic (exact) mass is 417 g/mol. The van der Waals surface area contributed by atoms with Crippen LogP contribution >= 0.6 is 0 Å². The van der Waals surface area contributed by atoms with Gasteiger partial charge in [0.05, 0.1) is 18.9 Å². The minimum absolute atomic E-state index is 0.194. The zero-order chi connectivity index (χ0) is 21.6. The van der Waals surface area contributed by atoms with E-state index in [1.165, 1.54) is 16.7 Å². The quantitative estimate of drug-likeness (QED) is 0.693. The second-order valence-electron chi connectivity index (χ2n) is 9.52. The van der Waals surface area contributed by atoms with Crippen LogP contribution in [0.5, 0.6) is 0 Å². The van der Waals surface area contributed by atoms with Crippen molar-refractivity contribution in [3.05, 3.63) is 65.9 Å². The summed E-state index contributed by atoms with van der Waals surface area (Å²) in [5.74, 6) is 0.144. The average Bonchev–Trinajstić information content (AvgIpc) is 3.26. The van der Waals surface area contributed by atoms with Crippen LogP contribution in [0.1, 0.15) is 38.7 Å². The van der Waals surface area contributed by atoms with Gasteiger partial charge in [-0.15, -0.1) is 0 Å². The smallest absolute Gasteiger partial charge is 0.184 e. The summed E-state index contributed by atoms with van der Waals surface area (Å²) >= 11 is 0. The normalized spacial score (nSPS) is 29.5. The molecular weight excluding hydrogens is 386 g/mol. The highest BCUT2D eigenvalue weighted by Crippen LogP contribution is 2.55. The molecule has 0 aromatic heterocycles. The van der Waals surface area contributed by atoms with Crippen LogP contribution in [0.3, 0.4) is 0 Å². The molecule has 3 aliphatic rings. The number of hydrogen-bond donors (Lipinski definition) is 1. The van der Waals surface area contributed by atoms with Gasteiger partial charge in [-0.3, -0.25) is 4.79 Å². The fourth-order valence-electron chi connectivity index (χ4n) is 5.87. The van der Waals surface area contributed by atoms with Crippen molar-refractivity contribution >= 4 is 11.5 Å². The van der Waals surface area contributed by atoms with Gasteiger partial charge in [0.2, 0.25) is 0 Å². The van der Waals surface area contributed by atoms with Gasteiger partial charge >= 0.3 is 0 Å². The molecule has 1 saturated heterocycles. The standard InChI is InChI=1S/C27H31NO3/c1-18-9-10-21(17-22(18)20-7-5-4-6-8-20)28-24-12-11-23-19(2)27(30-15-16-31-27)14-13-26(23,3)25(24)29/h4-10,12,17,19,23,28H,11,13-16H2,1-3H3/t19-,23-,26-/m0/s1. The zero-order valence-electron chi connectivity index (χ0n) is 18.6. The number of carbonyl (C=O) groups is 1. The Labute approximate surface area is 184 Å². The van der Waals surface area contributed by atoms with Gasteiger partial charge in [-0.05, 0) is 54.5 Å². The summed E-state index contributed by atoms with van der Waals surface area (Å²) in [5.41, 5.74) is 4.87. The van der Waals surface area contributed by atoms with Crippen molar-refractivity contribution in [1.82, 2.24) is 0 Å². The van der Waals surface area contributed by atoms with E-state index in [1.807, 2.05) is 6.07 Å². The van der Waals surface area contributed by atoms with Crippen LogP contribution in [0.25, 0.3) is 11.1 Å². The Bertz CT molecular complexity index is 1020. The molecule has 2 aromatic carbocycles. The average molecular weight is 418 g/mol. The van der Waals surface area contributed by atoms with Gasteiger partial charge in [0.25, 0.3) is 0 Å². The number of ether oxygens (including phenoxy) is 2. The molecule has 31 heavy (non-hydrogen) atoms. The largest absolute Gasteiger partial charge is 0.353 e. The maximum Gasteiger partial charge on any atom is 0.184 e. The van der Waals surface area contributed by atoms with Crippen LogP contribution in [0.4, 0.5) is 5.69 Å². The molecule has 1 heterocycles. The summed E-state index contributed by atoms with van der Waals surface area (Å²) in [6.45, 7) is 7.76. The molecule has 0 unspecified atom stereocenters. The van der Waals surface area contributed by atoms with Gasteiger partial charge in [-0.25, -0.2) is 0 Å². The van der Waals surface area contributed by atoms with Crippen molar-refractivity contribution in [3.8, 4) is 11.1 Å². The summed E-state index contributed by atoms with van der Waals surface area (Å²) in [4.78, 5) is 13.6. The van der Waals surface area contributed by atoms with E-state index in [0.717, 1.165) is 30.6 Å². The lowest BCUT2D eigenvalue weighted by Crippen LogP contribution is -2.56.